The number of halogens is 2. The Hall–Kier alpha value is -3.92. The van der Waals surface area contributed by atoms with E-state index in [4.69, 9.17) is 22.1 Å². The number of aromatic nitrogens is 2. The second-order valence-electron chi connectivity index (χ2n) is 10.6. The van der Waals surface area contributed by atoms with Crippen LogP contribution in [0.3, 0.4) is 0 Å². The Labute approximate surface area is 255 Å². The quantitative estimate of drug-likeness (QED) is 0.303. The topological polar surface area (TPSA) is 134 Å². The van der Waals surface area contributed by atoms with Crippen LogP contribution in [0.2, 0.25) is 5.02 Å². The fourth-order valence-electron chi connectivity index (χ4n) is 5.14. The standard InChI is InChI=1S/C29H26ClFN6O3S2/c1-29(2)11-20-25(21(38)12-29)24(15-4-6-16(31)7-5-15)18(13-32)26(33)37(20)27-35-36-28(42-27)41-14-23(39)34-17-8-9-22(40-3)19(30)10-17/h4-10,24H,11-12,14,33H2,1-3H3,(H,34,39). The van der Waals surface area contributed by atoms with Crippen LogP contribution in [0.1, 0.15) is 38.2 Å². The van der Waals surface area contributed by atoms with Gasteiger partial charge in [0.1, 0.15) is 17.4 Å². The van der Waals surface area contributed by atoms with Gasteiger partial charge < -0.3 is 15.8 Å². The molecule has 2 heterocycles. The first kappa shape index (κ1) is 29.6. The highest BCUT2D eigenvalue weighted by Gasteiger charge is 2.45. The minimum Gasteiger partial charge on any atom is -0.495 e. The number of thioether (sulfide) groups is 1. The molecular formula is C29H26ClFN6O3S2. The largest absolute Gasteiger partial charge is 0.495 e. The second kappa shape index (κ2) is 11.8. The minimum atomic E-state index is -0.720. The van der Waals surface area contributed by atoms with E-state index in [0.29, 0.717) is 55.6 Å². The van der Waals surface area contributed by atoms with Crippen LogP contribution in [0.4, 0.5) is 15.2 Å². The van der Waals surface area contributed by atoms with Crippen LogP contribution in [0, 0.1) is 22.6 Å². The molecule has 1 aliphatic heterocycles. The molecule has 1 unspecified atom stereocenters. The van der Waals surface area contributed by atoms with Crippen molar-refractivity contribution in [1.29, 1.82) is 5.26 Å². The van der Waals surface area contributed by atoms with Gasteiger partial charge in [-0.3, -0.25) is 14.5 Å². The monoisotopic (exact) mass is 624 g/mol. The SMILES string of the molecule is COc1ccc(NC(=O)CSc2nnc(N3C(N)=C(C#N)C(c4ccc(F)cc4)C4=C3CC(C)(C)CC4=O)s2)cc1Cl. The van der Waals surface area contributed by atoms with E-state index >= 15 is 0 Å². The average Bonchev–Trinajstić information content (AvgIpc) is 3.40. The Morgan fingerprint density at radius 1 is 1.29 bits per heavy atom. The van der Waals surface area contributed by atoms with Crippen LogP contribution in [-0.2, 0) is 9.59 Å². The van der Waals surface area contributed by atoms with Gasteiger partial charge in [-0.15, -0.1) is 10.2 Å². The number of benzene rings is 2. The molecule has 0 radical (unpaired) electrons. The summed E-state index contributed by atoms with van der Waals surface area (Å²) in [5, 5.41) is 22.3. The van der Waals surface area contributed by atoms with E-state index in [-0.39, 0.29) is 34.3 Å². The highest BCUT2D eigenvalue weighted by atomic mass is 35.5. The van der Waals surface area contributed by atoms with E-state index in [0.717, 1.165) is 0 Å². The van der Waals surface area contributed by atoms with E-state index in [1.165, 1.54) is 42.3 Å². The van der Waals surface area contributed by atoms with Gasteiger partial charge in [-0.2, -0.15) is 5.26 Å². The van der Waals surface area contributed by atoms with Crippen molar-refractivity contribution in [2.45, 2.75) is 36.9 Å². The first-order valence-electron chi connectivity index (χ1n) is 12.8. The summed E-state index contributed by atoms with van der Waals surface area (Å²) >= 11 is 8.53. The minimum absolute atomic E-state index is 0.0547. The van der Waals surface area contributed by atoms with Crippen LogP contribution < -0.4 is 20.7 Å². The number of methoxy groups -OCH3 is 1. The van der Waals surface area contributed by atoms with E-state index in [2.05, 4.69) is 21.6 Å². The number of carbonyl (C=O) groups is 2. The Morgan fingerprint density at radius 3 is 2.69 bits per heavy atom. The highest BCUT2D eigenvalue weighted by Crippen LogP contribution is 2.50. The highest BCUT2D eigenvalue weighted by molar-refractivity contribution is 8.01. The molecule has 216 valence electrons. The van der Waals surface area contributed by atoms with Gasteiger partial charge in [0.2, 0.25) is 11.0 Å². The molecule has 3 N–H and O–H groups in total. The molecule has 9 nitrogen and oxygen atoms in total. The third kappa shape index (κ3) is 5.86. The zero-order valence-electron chi connectivity index (χ0n) is 22.9. The van der Waals surface area contributed by atoms with Gasteiger partial charge in [0, 0.05) is 23.4 Å². The number of nitriles is 1. The lowest BCUT2D eigenvalue weighted by Gasteiger charge is -2.42. The van der Waals surface area contributed by atoms with Crippen LogP contribution >= 0.6 is 34.7 Å². The summed E-state index contributed by atoms with van der Waals surface area (Å²) in [5.41, 5.74) is 8.67. The number of Topliss-reactive ketones (excluding diaryl/α,β-unsaturated/α-hetero) is 1. The number of nitrogens with zero attached hydrogens (tertiary/aromatic N) is 4. The number of rotatable bonds is 7. The van der Waals surface area contributed by atoms with Gasteiger partial charge in [-0.05, 0) is 47.7 Å². The van der Waals surface area contributed by atoms with Gasteiger partial charge in [0.05, 0.1) is 35.4 Å². The van der Waals surface area contributed by atoms with Crippen LogP contribution in [0.25, 0.3) is 0 Å². The predicted octanol–water partition coefficient (Wildman–Crippen LogP) is 6.01. The van der Waals surface area contributed by atoms with E-state index in [1.54, 1.807) is 35.2 Å². The van der Waals surface area contributed by atoms with Crippen molar-refractivity contribution in [2.24, 2.45) is 11.1 Å². The van der Waals surface area contributed by atoms with E-state index < -0.39 is 11.7 Å². The lowest BCUT2D eigenvalue weighted by atomic mass is 9.69. The van der Waals surface area contributed by atoms with Crippen molar-refractivity contribution < 1.29 is 18.7 Å². The van der Waals surface area contributed by atoms with E-state index in [1.807, 2.05) is 13.8 Å². The number of ketones is 1. The molecule has 0 fully saturated rings. The lowest BCUT2D eigenvalue weighted by molar-refractivity contribution is -0.118. The zero-order valence-corrected chi connectivity index (χ0v) is 25.3. The number of nitrogens with two attached hydrogens (primary N) is 1. The molecule has 1 aliphatic carbocycles. The van der Waals surface area contributed by atoms with Crippen LogP contribution in [0.5, 0.6) is 5.75 Å². The van der Waals surface area contributed by atoms with Crippen molar-refractivity contribution in [3.8, 4) is 11.8 Å². The Morgan fingerprint density at radius 2 is 2.02 bits per heavy atom. The summed E-state index contributed by atoms with van der Waals surface area (Å²) in [6, 6.07) is 12.9. The maximum absolute atomic E-state index is 13.7. The molecule has 0 bridgehead atoms. The number of anilines is 2. The van der Waals surface area contributed by atoms with Crippen molar-refractivity contribution in [1.82, 2.24) is 10.2 Å². The van der Waals surface area contributed by atoms with Gasteiger partial charge >= 0.3 is 0 Å². The summed E-state index contributed by atoms with van der Waals surface area (Å²) in [5.74, 6) is -0.817. The van der Waals surface area contributed by atoms with Gasteiger partial charge in [0.25, 0.3) is 0 Å². The molecular weight excluding hydrogens is 599 g/mol. The number of allylic oxidation sites excluding steroid dienone is 3. The molecule has 13 heteroatoms. The zero-order chi connectivity index (χ0) is 30.2. The number of ether oxygens (including phenoxy) is 1. The fraction of sp³-hybridized carbons (Fsp3) is 0.276. The smallest absolute Gasteiger partial charge is 0.234 e. The van der Waals surface area contributed by atoms with Crippen molar-refractivity contribution in [3.63, 3.8) is 0 Å². The summed E-state index contributed by atoms with van der Waals surface area (Å²) in [4.78, 5) is 27.8. The number of carbonyl (C=O) groups excluding carboxylic acids is 2. The summed E-state index contributed by atoms with van der Waals surface area (Å²) in [6.45, 7) is 3.99. The summed E-state index contributed by atoms with van der Waals surface area (Å²) < 4.78 is 19.4. The molecule has 2 aromatic carbocycles. The molecule has 0 saturated carbocycles. The summed E-state index contributed by atoms with van der Waals surface area (Å²) in [6.07, 6.45) is 0.793. The fourth-order valence-corrected chi connectivity index (χ4v) is 7.07. The predicted molar refractivity (Wildman–Crippen MR) is 161 cm³/mol. The van der Waals surface area contributed by atoms with E-state index in [9.17, 15) is 19.2 Å². The van der Waals surface area contributed by atoms with Gasteiger partial charge in [-0.1, -0.05) is 60.7 Å². The first-order chi connectivity index (χ1) is 20.0. The van der Waals surface area contributed by atoms with Crippen molar-refractivity contribution >= 4 is 57.2 Å². The normalized spacial score (nSPS) is 18.0. The van der Waals surface area contributed by atoms with Crippen LogP contribution in [-0.4, -0.2) is 34.8 Å². The third-order valence-corrected chi connectivity index (χ3v) is 9.27. The number of hydrogen-bond acceptors (Lipinski definition) is 10. The number of amides is 1. The number of hydrogen-bond donors (Lipinski definition) is 2. The van der Waals surface area contributed by atoms with Crippen molar-refractivity contribution in [2.75, 3.05) is 23.1 Å². The number of nitrogens with one attached hydrogen (secondary N) is 1. The molecule has 1 aromatic heterocycles. The Balaban J connectivity index is 1.43. The molecule has 1 amide bonds. The lowest BCUT2D eigenvalue weighted by Crippen LogP contribution is -2.42. The third-order valence-electron chi connectivity index (χ3n) is 6.93. The maximum atomic E-state index is 13.7. The molecule has 5 rings (SSSR count). The molecule has 1 atom stereocenters. The average molecular weight is 625 g/mol. The molecule has 0 spiro atoms. The molecule has 3 aromatic rings. The first-order valence-corrected chi connectivity index (χ1v) is 15.0. The van der Waals surface area contributed by atoms with Gasteiger partial charge in [0.15, 0.2) is 10.1 Å². The van der Waals surface area contributed by atoms with Crippen LogP contribution in [0.15, 0.2) is 69.5 Å². The maximum Gasteiger partial charge on any atom is 0.234 e. The molecule has 2 aliphatic rings. The summed E-state index contributed by atoms with van der Waals surface area (Å²) in [7, 11) is 1.51. The molecule has 42 heavy (non-hydrogen) atoms. The van der Waals surface area contributed by atoms with Crippen molar-refractivity contribution in [3.05, 3.63) is 81.5 Å². The second-order valence-corrected chi connectivity index (χ2v) is 13.2. The van der Waals surface area contributed by atoms with Gasteiger partial charge in [-0.25, -0.2) is 4.39 Å². The Bertz CT molecular complexity index is 1680. The Kier molecular flexibility index (Phi) is 8.28. The molecule has 0 saturated heterocycles.